The first kappa shape index (κ1) is 13.5. The van der Waals surface area contributed by atoms with Gasteiger partial charge in [-0.2, -0.15) is 24.9 Å². The Morgan fingerprint density at radius 1 is 1.20 bits per heavy atom. The van der Waals surface area contributed by atoms with Crippen LogP contribution in [0.1, 0.15) is 11.1 Å². The highest BCUT2D eigenvalue weighted by Gasteiger charge is 2.37. The molecule has 0 radical (unpaired) electrons. The molecule has 0 saturated carbocycles. The molecule has 1 fully saturated rings. The smallest absolute Gasteiger partial charge is 0.310 e. The first-order valence-corrected chi connectivity index (χ1v) is 7.24. The van der Waals surface area contributed by atoms with Crippen molar-refractivity contribution in [3.63, 3.8) is 0 Å². The molecule has 3 nitrogen and oxygen atoms in total. The summed E-state index contributed by atoms with van der Waals surface area (Å²) in [6.07, 6.45) is -4.36. The van der Waals surface area contributed by atoms with Gasteiger partial charge in [-0.1, -0.05) is 12.1 Å². The van der Waals surface area contributed by atoms with Crippen LogP contribution in [0.15, 0.2) is 29.3 Å². The zero-order chi connectivity index (χ0) is 14.3. The molecule has 2 atom stereocenters. The van der Waals surface area contributed by atoms with Crippen molar-refractivity contribution in [1.29, 1.82) is 0 Å². The number of thioether (sulfide) groups is 1. The van der Waals surface area contributed by atoms with Crippen molar-refractivity contribution in [2.24, 2.45) is 10.9 Å². The fourth-order valence-electron chi connectivity index (χ4n) is 2.29. The molecule has 1 aromatic rings. The van der Waals surface area contributed by atoms with Crippen LogP contribution in [-0.4, -0.2) is 29.3 Å². The monoisotopic (exact) mass is 300 g/mol. The molecule has 0 aliphatic carbocycles. The second kappa shape index (κ2) is 4.80. The number of amides is 1. The molecule has 1 saturated heterocycles. The minimum Gasteiger partial charge on any atom is -0.310 e. The fraction of sp³-hybridized carbons (Fsp3) is 0.385. The van der Waals surface area contributed by atoms with E-state index in [9.17, 15) is 18.0 Å². The molecule has 20 heavy (non-hydrogen) atoms. The van der Waals surface area contributed by atoms with Crippen LogP contribution in [0, 0.1) is 5.92 Å². The van der Waals surface area contributed by atoms with Crippen LogP contribution >= 0.6 is 11.8 Å². The largest absolute Gasteiger partial charge is 0.416 e. The molecule has 0 bridgehead atoms. The van der Waals surface area contributed by atoms with Gasteiger partial charge in [-0.3, -0.25) is 9.79 Å². The Morgan fingerprint density at radius 2 is 1.90 bits per heavy atom. The van der Waals surface area contributed by atoms with E-state index >= 15 is 0 Å². The van der Waals surface area contributed by atoms with E-state index in [0.29, 0.717) is 11.4 Å². The first-order chi connectivity index (χ1) is 9.45. The lowest BCUT2D eigenvalue weighted by atomic mass is 10.00. The van der Waals surface area contributed by atoms with Crippen molar-refractivity contribution in [3.8, 4) is 0 Å². The summed E-state index contributed by atoms with van der Waals surface area (Å²) in [6.45, 7) is 0. The molecule has 2 aliphatic rings. The Kier molecular flexibility index (Phi) is 3.24. The highest BCUT2D eigenvalue weighted by molar-refractivity contribution is 7.99. The Balaban J connectivity index is 1.88. The molecular weight excluding hydrogens is 289 g/mol. The molecule has 1 N–H and O–H groups in total. The third-order valence-electron chi connectivity index (χ3n) is 3.41. The first-order valence-electron chi connectivity index (χ1n) is 6.09. The van der Waals surface area contributed by atoms with Gasteiger partial charge in [0.2, 0.25) is 5.91 Å². The van der Waals surface area contributed by atoms with Gasteiger partial charge in [0.05, 0.1) is 17.5 Å². The maximum Gasteiger partial charge on any atom is 0.416 e. The van der Waals surface area contributed by atoms with Crippen molar-refractivity contribution in [2.45, 2.75) is 12.2 Å². The maximum atomic E-state index is 12.5. The number of carbonyl (C=O) groups is 1. The van der Waals surface area contributed by atoms with Gasteiger partial charge in [0.1, 0.15) is 5.84 Å². The number of alkyl halides is 3. The zero-order valence-corrected chi connectivity index (χ0v) is 11.1. The predicted octanol–water partition coefficient (Wildman–Crippen LogP) is 2.31. The topological polar surface area (TPSA) is 41.5 Å². The number of benzene rings is 1. The Bertz CT molecular complexity index is 568. The number of rotatable bonds is 1. The number of nitrogens with zero attached hydrogens (tertiary/aromatic N) is 1. The van der Waals surface area contributed by atoms with E-state index in [1.165, 1.54) is 12.1 Å². The van der Waals surface area contributed by atoms with E-state index in [1.807, 2.05) is 0 Å². The van der Waals surface area contributed by atoms with E-state index < -0.39 is 11.7 Å². The molecule has 106 valence electrons. The fourth-order valence-corrected chi connectivity index (χ4v) is 3.60. The summed E-state index contributed by atoms with van der Waals surface area (Å²) in [7, 11) is 0. The minimum absolute atomic E-state index is 0.0638. The number of amidine groups is 1. The van der Waals surface area contributed by atoms with Gasteiger partial charge in [0.15, 0.2) is 0 Å². The molecule has 2 heterocycles. The van der Waals surface area contributed by atoms with Crippen molar-refractivity contribution >= 4 is 23.5 Å². The predicted molar refractivity (Wildman–Crippen MR) is 70.7 cm³/mol. The van der Waals surface area contributed by atoms with Crippen LogP contribution in [-0.2, 0) is 11.0 Å². The summed E-state index contributed by atoms with van der Waals surface area (Å²) in [5.74, 6) is 1.69. The second-order valence-corrected chi connectivity index (χ2v) is 5.83. The Hall–Kier alpha value is -1.50. The highest BCUT2D eigenvalue weighted by atomic mass is 32.2. The van der Waals surface area contributed by atoms with Crippen LogP contribution in [0.5, 0.6) is 0 Å². The molecule has 1 aromatic carbocycles. The van der Waals surface area contributed by atoms with Crippen molar-refractivity contribution < 1.29 is 18.0 Å². The van der Waals surface area contributed by atoms with E-state index in [0.717, 1.165) is 23.6 Å². The van der Waals surface area contributed by atoms with Crippen molar-refractivity contribution in [3.05, 3.63) is 35.4 Å². The quantitative estimate of drug-likeness (QED) is 0.865. The molecule has 0 spiro atoms. The van der Waals surface area contributed by atoms with Crippen LogP contribution in [0.2, 0.25) is 0 Å². The molecule has 1 amide bonds. The van der Waals surface area contributed by atoms with E-state index in [2.05, 4.69) is 10.3 Å². The van der Waals surface area contributed by atoms with Gasteiger partial charge >= 0.3 is 6.18 Å². The number of carbonyl (C=O) groups excluding carboxylic acids is 1. The molecular formula is C13H11F3N2OS. The van der Waals surface area contributed by atoms with Crippen molar-refractivity contribution in [1.82, 2.24) is 5.32 Å². The average Bonchev–Trinajstić information content (AvgIpc) is 2.86. The normalized spacial score (nSPS) is 25.9. The Labute approximate surface area is 117 Å². The molecule has 3 rings (SSSR count). The zero-order valence-electron chi connectivity index (χ0n) is 10.3. The standard InChI is InChI=1S/C13H11F3N2OS/c14-13(15,16)8-3-1-7(2-4-8)11-17-10-6-20-5-9(10)12(19)18-11/h1-4,9-10H,5-6H2,(H,17,18,19). The summed E-state index contributed by atoms with van der Waals surface area (Å²) < 4.78 is 37.5. The van der Waals surface area contributed by atoms with Gasteiger partial charge in [-0.25, -0.2) is 0 Å². The maximum absolute atomic E-state index is 12.5. The highest BCUT2D eigenvalue weighted by Crippen LogP contribution is 2.31. The molecule has 2 aliphatic heterocycles. The third kappa shape index (κ3) is 2.42. The number of aliphatic imine (C=N–C) groups is 1. The lowest BCUT2D eigenvalue weighted by molar-refractivity contribution is -0.137. The van der Waals surface area contributed by atoms with Crippen molar-refractivity contribution in [2.75, 3.05) is 11.5 Å². The molecule has 7 heteroatoms. The number of hydrogen-bond donors (Lipinski definition) is 1. The van der Waals surface area contributed by atoms with Gasteiger partial charge in [0, 0.05) is 17.1 Å². The van der Waals surface area contributed by atoms with Gasteiger partial charge in [-0.05, 0) is 12.1 Å². The summed E-state index contributed by atoms with van der Waals surface area (Å²) in [6, 6.07) is 4.61. The van der Waals surface area contributed by atoms with Crippen LogP contribution < -0.4 is 5.32 Å². The van der Waals surface area contributed by atoms with E-state index in [4.69, 9.17) is 0 Å². The number of hydrogen-bond acceptors (Lipinski definition) is 3. The van der Waals surface area contributed by atoms with E-state index in [-0.39, 0.29) is 17.9 Å². The van der Waals surface area contributed by atoms with Crippen LogP contribution in [0.3, 0.4) is 0 Å². The lowest BCUT2D eigenvalue weighted by Gasteiger charge is -2.23. The number of halogens is 3. The molecule has 0 aromatic heterocycles. The summed E-state index contributed by atoms with van der Waals surface area (Å²) >= 11 is 1.67. The summed E-state index contributed by atoms with van der Waals surface area (Å²) in [4.78, 5) is 16.3. The van der Waals surface area contributed by atoms with Gasteiger partial charge in [-0.15, -0.1) is 0 Å². The summed E-state index contributed by atoms with van der Waals surface area (Å²) in [5, 5.41) is 2.68. The van der Waals surface area contributed by atoms with Crippen LogP contribution in [0.4, 0.5) is 13.2 Å². The average molecular weight is 300 g/mol. The number of nitrogens with one attached hydrogen (secondary N) is 1. The van der Waals surface area contributed by atoms with E-state index in [1.54, 1.807) is 11.8 Å². The molecule has 2 unspecified atom stereocenters. The Morgan fingerprint density at radius 3 is 2.55 bits per heavy atom. The van der Waals surface area contributed by atoms with Crippen LogP contribution in [0.25, 0.3) is 0 Å². The minimum atomic E-state index is -4.36. The third-order valence-corrected chi connectivity index (χ3v) is 4.58. The second-order valence-electron chi connectivity index (χ2n) is 4.75. The SMILES string of the molecule is O=C1NC(c2ccc(C(F)(F)F)cc2)=NC2CSCC12. The summed E-state index contributed by atoms with van der Waals surface area (Å²) in [5.41, 5.74) is -0.208. The number of fused-ring (bicyclic) bond motifs is 1. The van der Waals surface area contributed by atoms with Gasteiger partial charge < -0.3 is 5.32 Å². The lowest BCUT2D eigenvalue weighted by Crippen LogP contribution is -2.45. The van der Waals surface area contributed by atoms with Gasteiger partial charge in [0.25, 0.3) is 0 Å².